The molecule has 0 rings (SSSR count). The van der Waals surface area contributed by atoms with Gasteiger partial charge in [0, 0.05) is 16.5 Å². The van der Waals surface area contributed by atoms with E-state index in [0.717, 1.165) is 0 Å². The quantitative estimate of drug-likeness (QED) is 0.276. The van der Waals surface area contributed by atoms with Gasteiger partial charge in [-0.3, -0.25) is 0 Å². The summed E-state index contributed by atoms with van der Waals surface area (Å²) in [6, 6.07) is 0. The smallest absolute Gasteiger partial charge is 0.822 e. The van der Waals surface area contributed by atoms with Crippen LogP contribution in [0, 0.1) is 0 Å². The van der Waals surface area contributed by atoms with Crippen molar-refractivity contribution < 1.29 is 65.9 Å². The van der Waals surface area contributed by atoms with Gasteiger partial charge in [-0.05, 0) is 0 Å². The first-order valence-electron chi connectivity index (χ1n) is 1.46. The van der Waals surface area contributed by atoms with Crippen molar-refractivity contribution in [3.05, 3.63) is 0 Å². The normalized spacial score (nSPS) is 7.38. The van der Waals surface area contributed by atoms with Crippen LogP contribution in [0.5, 0.6) is 0 Å². The fraction of sp³-hybridized carbons (Fsp3) is 0. The maximum atomic E-state index is 8.55. The average molecular weight is 405 g/mol. The fourth-order valence-corrected chi connectivity index (χ4v) is 0. The molecule has 0 unspecified atom stereocenters. The Bertz CT molecular complexity index is 136. The first-order valence-corrected chi connectivity index (χ1v) is 4.38. The molecule has 4 N–H and O–H groups in total. The SMILES string of the molecule is O.O.O=P([O-])([O-])[O-].O=P([O-])([O-])[O-].[Ca+2].[Ca+2].[Ca+2].[Ni]. The molecule has 0 aromatic carbocycles. The Morgan fingerprint density at radius 2 is 0.562 bits per heavy atom. The Kier molecular flexibility index (Phi) is 76.2. The van der Waals surface area contributed by atoms with Crippen LogP contribution in [0.4, 0.5) is 0 Å². The minimum absolute atomic E-state index is 0. The van der Waals surface area contributed by atoms with Crippen LogP contribution in [-0.2, 0) is 25.6 Å². The van der Waals surface area contributed by atoms with Gasteiger partial charge in [0.05, 0.1) is 0 Å². The zero-order chi connectivity index (χ0) is 9.00. The molecule has 10 nitrogen and oxygen atoms in total. The van der Waals surface area contributed by atoms with E-state index in [-0.39, 0.29) is 141 Å². The van der Waals surface area contributed by atoms with Crippen molar-refractivity contribution >= 4 is 129 Å². The summed E-state index contributed by atoms with van der Waals surface area (Å²) < 4.78 is 17.1. The molecular formula is H4Ca3NiO10P2. The van der Waals surface area contributed by atoms with E-state index < -0.39 is 15.6 Å². The van der Waals surface area contributed by atoms with Gasteiger partial charge in [-0.1, -0.05) is 0 Å². The molecule has 0 heterocycles. The summed E-state index contributed by atoms with van der Waals surface area (Å²) >= 11 is 0. The number of hydrogen-bond acceptors (Lipinski definition) is 8. The molecule has 0 aliphatic rings. The summed E-state index contributed by atoms with van der Waals surface area (Å²) in [7, 11) is -10.8. The Morgan fingerprint density at radius 3 is 0.562 bits per heavy atom. The van der Waals surface area contributed by atoms with Crippen LogP contribution in [0.2, 0.25) is 0 Å². The van der Waals surface area contributed by atoms with Gasteiger partial charge in [0.2, 0.25) is 0 Å². The third-order valence-electron chi connectivity index (χ3n) is 0. The standard InChI is InChI=1S/3Ca.Ni.2H3O4P.2H2O/c;;;;2*1-5(2,3)4;;/h;;;;2*(H3,1,2,3,4);2*1H2/q3*+2;;;;;/p-6. The molecule has 0 fully saturated rings. The third kappa shape index (κ3) is 287. The maximum Gasteiger partial charge on any atom is 2.00 e. The van der Waals surface area contributed by atoms with Gasteiger partial charge in [0.25, 0.3) is 0 Å². The molecule has 0 bridgehead atoms. The summed E-state index contributed by atoms with van der Waals surface area (Å²) in [5, 5.41) is 0. The fourth-order valence-electron chi connectivity index (χ4n) is 0. The van der Waals surface area contributed by atoms with Crippen LogP contribution >= 0.6 is 15.6 Å². The van der Waals surface area contributed by atoms with E-state index in [1.165, 1.54) is 0 Å². The molecule has 0 saturated carbocycles. The van der Waals surface area contributed by atoms with Crippen molar-refractivity contribution in [3.63, 3.8) is 0 Å². The second kappa shape index (κ2) is 24.4. The van der Waals surface area contributed by atoms with E-state index >= 15 is 0 Å². The van der Waals surface area contributed by atoms with E-state index in [1.54, 1.807) is 0 Å². The Hall–Kier alpha value is 4.41. The largest absolute Gasteiger partial charge is 2.00 e. The second-order valence-corrected chi connectivity index (χ2v) is 2.68. The van der Waals surface area contributed by atoms with E-state index in [1.807, 2.05) is 0 Å². The van der Waals surface area contributed by atoms with Gasteiger partial charge >= 0.3 is 113 Å². The van der Waals surface area contributed by atoms with E-state index in [2.05, 4.69) is 0 Å². The zero-order valence-corrected chi connectivity index (χ0v) is 17.0. The van der Waals surface area contributed by atoms with E-state index in [9.17, 15) is 0 Å². The van der Waals surface area contributed by atoms with Crippen LogP contribution in [0.3, 0.4) is 0 Å². The molecular weight excluding hydrogens is 401 g/mol. The van der Waals surface area contributed by atoms with Crippen LogP contribution in [0.15, 0.2) is 0 Å². The summed E-state index contributed by atoms with van der Waals surface area (Å²) in [6.07, 6.45) is 0. The topological polar surface area (TPSA) is 236 Å². The average Bonchev–Trinajstić information content (AvgIpc) is 1.12. The summed E-state index contributed by atoms with van der Waals surface area (Å²) in [4.78, 5) is 51.3. The zero-order valence-electron chi connectivity index (χ0n) is 7.60. The van der Waals surface area contributed by atoms with Crippen LogP contribution in [0.1, 0.15) is 0 Å². The Balaban J connectivity index is -0.00000000970. The van der Waals surface area contributed by atoms with Gasteiger partial charge in [-0.2, -0.15) is 15.6 Å². The monoisotopic (exact) mass is 404 g/mol. The Labute approximate surface area is 191 Å². The second-order valence-electron chi connectivity index (χ2n) is 0.894. The minimum Gasteiger partial charge on any atom is -0.822 e. The molecule has 0 saturated heterocycles. The van der Waals surface area contributed by atoms with Crippen molar-refractivity contribution in [1.29, 1.82) is 0 Å². The van der Waals surface area contributed by atoms with Crippen LogP contribution in [0.25, 0.3) is 0 Å². The number of rotatable bonds is 0. The molecule has 0 aliphatic carbocycles. The molecule has 0 amide bonds. The van der Waals surface area contributed by atoms with Crippen molar-refractivity contribution in [2.75, 3.05) is 0 Å². The molecule has 16 heteroatoms. The van der Waals surface area contributed by atoms with Crippen LogP contribution in [-0.4, -0.2) is 124 Å². The van der Waals surface area contributed by atoms with E-state index in [4.69, 9.17) is 38.5 Å². The summed E-state index contributed by atoms with van der Waals surface area (Å²) in [6.45, 7) is 0. The van der Waals surface area contributed by atoms with Gasteiger partial charge in [-0.25, -0.2) is 0 Å². The Morgan fingerprint density at radius 1 is 0.562 bits per heavy atom. The predicted molar refractivity (Wildman–Crippen MR) is 39.7 cm³/mol. The maximum absolute atomic E-state index is 8.55. The molecule has 16 heavy (non-hydrogen) atoms. The number of hydrogen-bond donors (Lipinski definition) is 0. The van der Waals surface area contributed by atoms with Crippen molar-refractivity contribution in [1.82, 2.24) is 0 Å². The first-order chi connectivity index (χ1) is 4.00. The molecule has 0 atom stereocenters. The summed E-state index contributed by atoms with van der Waals surface area (Å²) in [5.74, 6) is 0. The first kappa shape index (κ1) is 49.9. The van der Waals surface area contributed by atoms with Crippen molar-refractivity contribution in [2.45, 2.75) is 0 Å². The molecule has 0 radical (unpaired) electrons. The van der Waals surface area contributed by atoms with E-state index in [0.29, 0.717) is 0 Å². The van der Waals surface area contributed by atoms with Crippen molar-refractivity contribution in [2.24, 2.45) is 0 Å². The summed E-state index contributed by atoms with van der Waals surface area (Å²) in [5.41, 5.74) is 0. The minimum atomic E-state index is -5.39. The molecule has 0 aliphatic heterocycles. The third-order valence-corrected chi connectivity index (χ3v) is 0. The van der Waals surface area contributed by atoms with Crippen LogP contribution < -0.4 is 29.4 Å². The van der Waals surface area contributed by atoms with Gasteiger partial charge in [0.15, 0.2) is 0 Å². The predicted octanol–water partition coefficient (Wildman–Crippen LogP) is -8.44. The molecule has 0 spiro atoms. The van der Waals surface area contributed by atoms with Gasteiger partial charge in [-0.15, -0.1) is 0 Å². The molecule has 0 aromatic heterocycles. The van der Waals surface area contributed by atoms with Gasteiger partial charge < -0.3 is 49.4 Å². The van der Waals surface area contributed by atoms with Gasteiger partial charge in [0.1, 0.15) is 0 Å². The van der Waals surface area contributed by atoms with Crippen molar-refractivity contribution in [3.8, 4) is 0 Å². The molecule has 90 valence electrons. The molecule has 0 aromatic rings. The number of phosphoric acid groups is 2.